The number of aromatic nitrogens is 8. The van der Waals surface area contributed by atoms with E-state index in [1.54, 1.807) is 0 Å². The van der Waals surface area contributed by atoms with Crippen LogP contribution in [0.15, 0.2) is 91.0 Å². The Balaban J connectivity index is 1.52. The van der Waals surface area contributed by atoms with Crippen LogP contribution in [0.1, 0.15) is 11.3 Å². The molecule has 9 nitrogen and oxygen atoms in total. The molecule has 9 rings (SSSR count). The van der Waals surface area contributed by atoms with Crippen LogP contribution in [0, 0.1) is 0 Å². The Kier molecular flexibility index (Phi) is 5.01. The molecule has 8 bridgehead atoms. The molecule has 1 unspecified atom stereocenters. The zero-order valence-corrected chi connectivity index (χ0v) is 24.8. The van der Waals surface area contributed by atoms with Gasteiger partial charge in [-0.3, -0.25) is 0 Å². The van der Waals surface area contributed by atoms with E-state index >= 15 is 0 Å². The predicted octanol–water partition coefficient (Wildman–Crippen LogP) is 5.66. The van der Waals surface area contributed by atoms with E-state index in [-0.39, 0.29) is 0 Å². The third-order valence-corrected chi connectivity index (χ3v) is 8.67. The smallest absolute Gasteiger partial charge is 0.164 e. The third kappa shape index (κ3) is 3.60. The second-order valence-corrected chi connectivity index (χ2v) is 11.7. The van der Waals surface area contributed by atoms with E-state index in [2.05, 4.69) is 9.97 Å². The van der Waals surface area contributed by atoms with Crippen LogP contribution in [0.2, 0.25) is 0 Å². The first-order chi connectivity index (χ1) is 21.1. The minimum Gasteiger partial charge on any atom is -0.324 e. The topological polar surface area (TPSA) is 129 Å². The normalized spacial score (nSPS) is 12.9. The monoisotopic (exact) mass is 573 g/mol. The van der Waals surface area contributed by atoms with Crippen LogP contribution in [-0.4, -0.2) is 50.1 Å². The lowest BCUT2D eigenvalue weighted by molar-refractivity contribution is 0.161. The van der Waals surface area contributed by atoms with Crippen LogP contribution in [0.4, 0.5) is 0 Å². The molecule has 0 fully saturated rings. The fraction of sp³-hybridized carbons (Fsp3) is 0.0303. The van der Waals surface area contributed by atoms with Crippen LogP contribution in [-0.2, 0) is 5.11 Å². The van der Waals surface area contributed by atoms with Crippen LogP contribution in [0.25, 0.3) is 89.7 Å². The molecule has 0 amide bonds. The standard InChI is InChI=1S/C33H21N8OSi/c42-33(43)23-15-7-14-22-24(23)32-40-30-21-13-6-5-12-20(21)28(38-30)36-26-17-9-2-1-8-16(17)25(34-26)35-27-18-10-3-4-11-19(18)29(37-27)39-31(22)41-32/h1-15,33H,43H3,(H2,34,35,36,37,38,39,40,41). The van der Waals surface area contributed by atoms with Crippen molar-refractivity contribution in [2.24, 2.45) is 0 Å². The fourth-order valence-electron chi connectivity index (χ4n) is 6.06. The van der Waals surface area contributed by atoms with E-state index in [9.17, 15) is 5.11 Å². The lowest BCUT2D eigenvalue weighted by Crippen LogP contribution is -1.94. The first-order valence-electron chi connectivity index (χ1n) is 14.0. The highest BCUT2D eigenvalue weighted by Crippen LogP contribution is 2.37. The Morgan fingerprint density at radius 1 is 0.465 bits per heavy atom. The molecule has 0 spiro atoms. The summed E-state index contributed by atoms with van der Waals surface area (Å²) in [6.45, 7) is 0. The number of hydrogen-bond acceptors (Lipinski definition) is 6. The van der Waals surface area contributed by atoms with Crippen LogP contribution in [0.3, 0.4) is 0 Å². The van der Waals surface area contributed by atoms with Crippen molar-refractivity contribution in [1.29, 1.82) is 0 Å². The Morgan fingerprint density at radius 2 is 0.860 bits per heavy atom. The average Bonchev–Trinajstić information content (AvgIpc) is 3.76. The molecule has 5 heterocycles. The van der Waals surface area contributed by atoms with E-state index in [0.29, 0.717) is 61.7 Å². The van der Waals surface area contributed by atoms with Gasteiger partial charge in [0, 0.05) is 54.0 Å². The summed E-state index contributed by atoms with van der Waals surface area (Å²) in [7, 11) is 0.454. The molecule has 7 aromatic rings. The Morgan fingerprint density at radius 3 is 1.35 bits per heavy atom. The van der Waals surface area contributed by atoms with Crippen molar-refractivity contribution in [2.75, 3.05) is 0 Å². The van der Waals surface area contributed by atoms with Gasteiger partial charge in [0.1, 0.15) is 22.6 Å². The molecular weight excluding hydrogens is 553 g/mol. The van der Waals surface area contributed by atoms with Crippen molar-refractivity contribution in [3.8, 4) is 45.6 Å². The maximum atomic E-state index is 12.9. The lowest BCUT2D eigenvalue weighted by Gasteiger charge is -2.04. The first kappa shape index (κ1) is 24.1. The van der Waals surface area contributed by atoms with Gasteiger partial charge in [0.05, 0.1) is 5.73 Å². The van der Waals surface area contributed by atoms with Gasteiger partial charge in [-0.15, -0.1) is 0 Å². The molecule has 1 atom stereocenters. The van der Waals surface area contributed by atoms with Gasteiger partial charge in [-0.1, -0.05) is 91.0 Å². The second kappa shape index (κ2) is 8.96. The fourth-order valence-corrected chi connectivity index (χ4v) is 6.54. The molecule has 1 radical (unpaired) electrons. The molecule has 43 heavy (non-hydrogen) atoms. The zero-order chi connectivity index (χ0) is 28.7. The highest BCUT2D eigenvalue weighted by molar-refractivity contribution is 6.15. The molecule has 0 saturated heterocycles. The number of nitrogens with zero attached hydrogens (tertiary/aromatic N) is 6. The third-order valence-electron chi connectivity index (χ3n) is 8.05. The number of fused-ring (bicyclic) bond motifs is 20. The maximum absolute atomic E-state index is 12.9. The zero-order valence-electron chi connectivity index (χ0n) is 22.8. The summed E-state index contributed by atoms with van der Waals surface area (Å²) in [4.78, 5) is 36.8. The van der Waals surface area contributed by atoms with Crippen LogP contribution >= 0.6 is 0 Å². The van der Waals surface area contributed by atoms with Gasteiger partial charge >= 0.3 is 0 Å². The van der Waals surface area contributed by atoms with E-state index in [0.717, 1.165) is 43.8 Å². The molecule has 2 N–H and O–H groups in total. The largest absolute Gasteiger partial charge is 0.324 e. The van der Waals surface area contributed by atoms with Crippen molar-refractivity contribution in [2.45, 2.75) is 5.73 Å². The van der Waals surface area contributed by atoms with Gasteiger partial charge in [0.15, 0.2) is 23.3 Å². The lowest BCUT2D eigenvalue weighted by atomic mass is 10.1. The van der Waals surface area contributed by atoms with E-state index in [4.69, 9.17) is 29.9 Å². The van der Waals surface area contributed by atoms with Crippen molar-refractivity contribution >= 4 is 54.4 Å². The highest BCUT2D eigenvalue weighted by Gasteiger charge is 2.22. The van der Waals surface area contributed by atoms with Gasteiger partial charge in [-0.2, -0.15) is 0 Å². The summed E-state index contributed by atoms with van der Waals surface area (Å²) < 4.78 is 0. The summed E-state index contributed by atoms with van der Waals surface area (Å²) in [6, 6.07) is 29.6. The molecule has 0 saturated carbocycles. The summed E-state index contributed by atoms with van der Waals surface area (Å²) in [5, 5.41) is 16.3. The van der Waals surface area contributed by atoms with Gasteiger partial charge in [0.25, 0.3) is 0 Å². The predicted molar refractivity (Wildman–Crippen MR) is 169 cm³/mol. The van der Waals surface area contributed by atoms with Crippen molar-refractivity contribution in [3.05, 3.63) is 96.6 Å². The number of hydrogen-bond donors (Lipinski definition) is 2. The van der Waals surface area contributed by atoms with E-state index in [1.165, 1.54) is 0 Å². The van der Waals surface area contributed by atoms with Gasteiger partial charge in [-0.25, -0.2) is 35.0 Å². The minimum absolute atomic E-state index is 0.454. The average molecular weight is 574 g/mol. The highest BCUT2D eigenvalue weighted by atomic mass is 28.1. The molecule has 4 aromatic carbocycles. The van der Waals surface area contributed by atoms with Crippen molar-refractivity contribution in [1.82, 2.24) is 39.9 Å². The Hall–Kier alpha value is -5.58. The molecule has 0 aliphatic carbocycles. The SMILES string of the molecule is [O]C([SiH3])c1cccc2c3nc4nc(nc5[nH]c(nc6nc(nc([nH]3)c12)-c1ccccc1-6)c1ccccc51)-c1ccccc1-4. The number of rotatable bonds is 1. The number of nitrogens with one attached hydrogen (secondary N) is 2. The van der Waals surface area contributed by atoms with Crippen molar-refractivity contribution < 1.29 is 5.11 Å². The maximum Gasteiger partial charge on any atom is 0.164 e. The van der Waals surface area contributed by atoms with E-state index in [1.807, 2.05) is 91.0 Å². The second-order valence-electron chi connectivity index (χ2n) is 10.7. The molecular formula is C33H21N8OSi. The summed E-state index contributed by atoms with van der Waals surface area (Å²) in [5.74, 6) is 2.15. The van der Waals surface area contributed by atoms with E-state index < -0.39 is 5.73 Å². The Bertz CT molecular complexity index is 2460. The molecule has 10 heteroatoms. The van der Waals surface area contributed by atoms with Gasteiger partial charge in [0.2, 0.25) is 0 Å². The minimum atomic E-state index is -0.830. The van der Waals surface area contributed by atoms with Crippen LogP contribution in [0.5, 0.6) is 0 Å². The molecule has 3 aromatic heterocycles. The quantitative estimate of drug-likeness (QED) is 0.244. The summed E-state index contributed by atoms with van der Waals surface area (Å²) in [5.41, 5.74) is 5.79. The summed E-state index contributed by atoms with van der Waals surface area (Å²) >= 11 is 0. The van der Waals surface area contributed by atoms with Gasteiger partial charge in [-0.05, 0) is 5.56 Å². The molecule has 2 aliphatic heterocycles. The first-order valence-corrected chi connectivity index (χ1v) is 15.2. The number of benzene rings is 4. The van der Waals surface area contributed by atoms with Crippen LogP contribution < -0.4 is 0 Å². The summed E-state index contributed by atoms with van der Waals surface area (Å²) in [6.07, 6.45) is 0. The number of aromatic amines is 2. The van der Waals surface area contributed by atoms with Crippen molar-refractivity contribution in [3.63, 3.8) is 0 Å². The Labute approximate surface area is 246 Å². The van der Waals surface area contributed by atoms with Gasteiger partial charge < -0.3 is 9.97 Å². The molecule has 2 aliphatic rings. The molecule has 203 valence electrons. The number of H-pyrrole nitrogens is 2.